The molecule has 2 aliphatic rings. The van der Waals surface area contributed by atoms with E-state index in [1.54, 1.807) is 0 Å². The van der Waals surface area contributed by atoms with Gasteiger partial charge >= 0.3 is 0 Å². The Labute approximate surface area is 197 Å². The molecule has 0 unspecified atom stereocenters. The van der Waals surface area contributed by atoms with E-state index >= 15 is 0 Å². The van der Waals surface area contributed by atoms with E-state index in [4.69, 9.17) is 9.47 Å². The summed E-state index contributed by atoms with van der Waals surface area (Å²) in [5.74, 6) is 1.37. The summed E-state index contributed by atoms with van der Waals surface area (Å²) in [5, 5.41) is 4.30. The minimum atomic E-state index is -0.105. The highest BCUT2D eigenvalue weighted by Gasteiger charge is 2.18. The van der Waals surface area contributed by atoms with Crippen molar-refractivity contribution in [1.29, 1.82) is 0 Å². The molecule has 0 spiro atoms. The van der Waals surface area contributed by atoms with Crippen LogP contribution in [0, 0.1) is 0 Å². The van der Waals surface area contributed by atoms with E-state index in [0.29, 0.717) is 23.6 Å². The molecule has 1 aromatic heterocycles. The Morgan fingerprint density at radius 1 is 0.794 bits per heavy atom. The van der Waals surface area contributed by atoms with Crippen LogP contribution >= 0.6 is 0 Å². The summed E-state index contributed by atoms with van der Waals surface area (Å²) in [6.07, 6.45) is 0. The lowest BCUT2D eigenvalue weighted by Gasteiger charge is -2.37. The Hall–Kier alpha value is -4.13. The number of nitrogens with zero attached hydrogens (tertiary/aromatic N) is 2. The number of para-hydroxylation sites is 1. The number of hydrogen-bond acceptors (Lipinski definition) is 6. The first-order chi connectivity index (χ1) is 16.7. The molecule has 2 aliphatic heterocycles. The summed E-state index contributed by atoms with van der Waals surface area (Å²) >= 11 is 0. The van der Waals surface area contributed by atoms with Gasteiger partial charge in [-0.3, -0.25) is 4.79 Å². The molecule has 7 heteroatoms. The van der Waals surface area contributed by atoms with Gasteiger partial charge in [-0.15, -0.1) is 0 Å². The Kier molecular flexibility index (Phi) is 5.22. The van der Waals surface area contributed by atoms with Crippen LogP contribution in [-0.2, 0) is 6.54 Å². The highest BCUT2D eigenvalue weighted by atomic mass is 16.7. The van der Waals surface area contributed by atoms with Gasteiger partial charge in [0, 0.05) is 66.8 Å². The molecule has 3 heterocycles. The third-order valence-electron chi connectivity index (χ3n) is 6.53. The molecule has 0 bridgehead atoms. The van der Waals surface area contributed by atoms with Crippen LogP contribution in [0.5, 0.6) is 11.5 Å². The topological polar surface area (TPSA) is 69.8 Å². The molecule has 0 radical (unpaired) electrons. The van der Waals surface area contributed by atoms with Gasteiger partial charge in [-0.2, -0.15) is 0 Å². The van der Waals surface area contributed by atoms with E-state index < -0.39 is 0 Å². The number of aromatic nitrogens is 1. The van der Waals surface area contributed by atoms with Crippen LogP contribution in [0.2, 0.25) is 0 Å². The first-order valence-electron chi connectivity index (χ1n) is 11.6. The van der Waals surface area contributed by atoms with Crippen LogP contribution in [0.25, 0.3) is 10.9 Å². The molecular formula is C27H26N4O3. The van der Waals surface area contributed by atoms with Gasteiger partial charge in [0.05, 0.1) is 5.52 Å². The molecule has 4 aromatic rings. The second-order valence-corrected chi connectivity index (χ2v) is 8.63. The van der Waals surface area contributed by atoms with E-state index in [9.17, 15) is 4.79 Å². The number of nitrogens with one attached hydrogen (secondary N) is 2. The summed E-state index contributed by atoms with van der Waals surface area (Å²) in [6, 6.07) is 24.7. The molecule has 1 fully saturated rings. The molecule has 0 atom stereocenters. The average Bonchev–Trinajstić information content (AvgIpc) is 3.34. The lowest BCUT2D eigenvalue weighted by molar-refractivity contribution is 0.174. The average molecular weight is 455 g/mol. The van der Waals surface area contributed by atoms with Crippen molar-refractivity contribution in [3.63, 3.8) is 0 Å². The predicted octanol–water partition coefficient (Wildman–Crippen LogP) is 4.20. The molecular weight excluding hydrogens is 428 g/mol. The maximum Gasteiger partial charge on any atom is 0.253 e. The minimum absolute atomic E-state index is 0.105. The summed E-state index contributed by atoms with van der Waals surface area (Å²) in [6.45, 7) is 4.65. The summed E-state index contributed by atoms with van der Waals surface area (Å²) in [7, 11) is 0. The van der Waals surface area contributed by atoms with Crippen molar-refractivity contribution in [2.24, 2.45) is 0 Å². The number of hydrogen-bond donors (Lipinski definition) is 2. The first kappa shape index (κ1) is 20.5. The molecule has 172 valence electrons. The molecule has 0 aliphatic carbocycles. The number of piperazine rings is 1. The lowest BCUT2D eigenvalue weighted by Crippen LogP contribution is -2.46. The lowest BCUT2D eigenvalue weighted by atomic mass is 10.1. The van der Waals surface area contributed by atoms with Gasteiger partial charge in [-0.25, -0.2) is 0 Å². The van der Waals surface area contributed by atoms with Crippen molar-refractivity contribution in [1.82, 2.24) is 4.98 Å². The van der Waals surface area contributed by atoms with Crippen LogP contribution in [-0.4, -0.2) is 38.0 Å². The Morgan fingerprint density at radius 3 is 2.15 bits per heavy atom. The monoisotopic (exact) mass is 454 g/mol. The number of aromatic amines is 1. The van der Waals surface area contributed by atoms with E-state index in [2.05, 4.69) is 74.7 Å². The zero-order chi connectivity index (χ0) is 22.9. The maximum atomic E-state index is 12.6. The largest absolute Gasteiger partial charge is 0.454 e. The molecule has 2 N–H and O–H groups in total. The fourth-order valence-corrected chi connectivity index (χ4v) is 4.62. The van der Waals surface area contributed by atoms with Crippen LogP contribution in [0.3, 0.4) is 0 Å². The minimum Gasteiger partial charge on any atom is -0.454 e. The Balaban J connectivity index is 1.09. The molecule has 7 nitrogen and oxygen atoms in total. The standard InChI is InChI=1S/C27H26N4O3/c32-27-20(14-19-15-25-26(34-18-33-25)16-24(19)29-27)17-28-21-6-8-23(9-7-21)31-12-10-30(11-13-31)22-4-2-1-3-5-22/h1-9,14-16,28H,10-13,17-18H2,(H,29,32). The zero-order valence-electron chi connectivity index (χ0n) is 18.8. The fraction of sp³-hybridized carbons (Fsp3) is 0.222. The van der Waals surface area contributed by atoms with Crippen LogP contribution in [0.1, 0.15) is 5.56 Å². The van der Waals surface area contributed by atoms with Gasteiger partial charge < -0.3 is 29.6 Å². The number of ether oxygens (including phenoxy) is 2. The van der Waals surface area contributed by atoms with Crippen molar-refractivity contribution >= 4 is 28.0 Å². The van der Waals surface area contributed by atoms with Gasteiger partial charge in [-0.1, -0.05) is 18.2 Å². The predicted molar refractivity (Wildman–Crippen MR) is 135 cm³/mol. The highest BCUT2D eigenvalue weighted by Crippen LogP contribution is 2.35. The summed E-state index contributed by atoms with van der Waals surface area (Å²) < 4.78 is 10.9. The SMILES string of the molecule is O=c1[nH]c2cc3c(cc2cc1CNc1ccc(N2CCN(c4ccccc4)CC2)cc1)OCO3. The summed E-state index contributed by atoms with van der Waals surface area (Å²) in [4.78, 5) is 20.4. The fourth-order valence-electron chi connectivity index (χ4n) is 4.62. The quantitative estimate of drug-likeness (QED) is 0.471. The van der Waals surface area contributed by atoms with E-state index in [-0.39, 0.29) is 12.4 Å². The molecule has 0 amide bonds. The number of H-pyrrole nitrogens is 1. The van der Waals surface area contributed by atoms with Crippen LogP contribution in [0.4, 0.5) is 17.1 Å². The number of benzene rings is 3. The highest BCUT2D eigenvalue weighted by molar-refractivity contribution is 5.83. The Morgan fingerprint density at radius 2 is 1.44 bits per heavy atom. The molecule has 6 rings (SSSR count). The summed E-state index contributed by atoms with van der Waals surface area (Å²) in [5.41, 5.74) is 4.80. The van der Waals surface area contributed by atoms with E-state index in [1.807, 2.05) is 18.2 Å². The van der Waals surface area contributed by atoms with Gasteiger partial charge in [0.1, 0.15) is 0 Å². The number of pyridine rings is 1. The van der Waals surface area contributed by atoms with Gasteiger partial charge in [0.2, 0.25) is 6.79 Å². The van der Waals surface area contributed by atoms with Crippen molar-refractivity contribution in [3.05, 3.63) is 88.7 Å². The maximum absolute atomic E-state index is 12.6. The van der Waals surface area contributed by atoms with E-state index in [0.717, 1.165) is 42.8 Å². The third kappa shape index (κ3) is 4.01. The Bertz CT molecular complexity index is 1360. The molecule has 3 aromatic carbocycles. The van der Waals surface area contributed by atoms with Crippen molar-refractivity contribution < 1.29 is 9.47 Å². The smallest absolute Gasteiger partial charge is 0.253 e. The normalized spacial score (nSPS) is 15.1. The van der Waals surface area contributed by atoms with Crippen LogP contribution in [0.15, 0.2) is 77.6 Å². The van der Waals surface area contributed by atoms with Gasteiger partial charge in [0.25, 0.3) is 5.56 Å². The van der Waals surface area contributed by atoms with Crippen LogP contribution < -0.4 is 30.1 Å². The molecule has 34 heavy (non-hydrogen) atoms. The molecule has 0 saturated carbocycles. The van der Waals surface area contributed by atoms with Gasteiger partial charge in [-0.05, 0) is 48.5 Å². The van der Waals surface area contributed by atoms with Crippen molar-refractivity contribution in [2.75, 3.05) is 48.1 Å². The van der Waals surface area contributed by atoms with Crippen molar-refractivity contribution in [2.45, 2.75) is 6.54 Å². The number of rotatable bonds is 5. The molecule has 1 saturated heterocycles. The van der Waals surface area contributed by atoms with Crippen molar-refractivity contribution in [3.8, 4) is 11.5 Å². The number of fused-ring (bicyclic) bond motifs is 2. The third-order valence-corrected chi connectivity index (χ3v) is 6.53. The zero-order valence-corrected chi connectivity index (χ0v) is 18.8. The number of anilines is 3. The second kappa shape index (κ2) is 8.67. The first-order valence-corrected chi connectivity index (χ1v) is 11.6. The van der Waals surface area contributed by atoms with Gasteiger partial charge in [0.15, 0.2) is 11.5 Å². The van der Waals surface area contributed by atoms with E-state index in [1.165, 1.54) is 11.4 Å². The second-order valence-electron chi connectivity index (χ2n) is 8.63.